The number of hydrogen-bond acceptors (Lipinski definition) is 1. The van der Waals surface area contributed by atoms with Crippen molar-refractivity contribution in [2.75, 3.05) is 6.54 Å². The minimum absolute atomic E-state index is 0.217. The molecule has 1 aliphatic carbocycles. The normalized spacial score (nSPS) is 16.6. The molecule has 3 heteroatoms. The van der Waals surface area contributed by atoms with Gasteiger partial charge in [-0.1, -0.05) is 43.4 Å². The minimum Gasteiger partial charge on any atom is -0.313 e. The molecular formula is C14H19ClFN. The summed E-state index contributed by atoms with van der Waals surface area (Å²) in [4.78, 5) is 0. The maximum Gasteiger partial charge on any atom is 0.129 e. The maximum atomic E-state index is 13.5. The second kappa shape index (κ2) is 6.36. The Labute approximate surface area is 107 Å². The lowest BCUT2D eigenvalue weighted by molar-refractivity contribution is 0.474. The van der Waals surface area contributed by atoms with Crippen molar-refractivity contribution in [1.29, 1.82) is 0 Å². The lowest BCUT2D eigenvalue weighted by Gasteiger charge is -2.11. The fourth-order valence-corrected chi connectivity index (χ4v) is 2.75. The fourth-order valence-electron chi connectivity index (χ4n) is 2.52. The van der Waals surface area contributed by atoms with E-state index in [1.807, 2.05) is 0 Å². The van der Waals surface area contributed by atoms with Gasteiger partial charge in [0.1, 0.15) is 5.82 Å². The molecule has 0 heterocycles. The van der Waals surface area contributed by atoms with Gasteiger partial charge in [0.25, 0.3) is 0 Å². The first kappa shape index (κ1) is 12.8. The van der Waals surface area contributed by atoms with Crippen molar-refractivity contribution in [2.45, 2.75) is 38.6 Å². The van der Waals surface area contributed by atoms with E-state index in [0.29, 0.717) is 17.1 Å². The van der Waals surface area contributed by atoms with E-state index < -0.39 is 0 Å². The third-order valence-corrected chi connectivity index (χ3v) is 3.92. The van der Waals surface area contributed by atoms with E-state index in [0.717, 1.165) is 12.5 Å². The van der Waals surface area contributed by atoms with E-state index in [2.05, 4.69) is 5.32 Å². The smallest absolute Gasteiger partial charge is 0.129 e. The first-order chi connectivity index (χ1) is 8.27. The largest absolute Gasteiger partial charge is 0.313 e. The van der Waals surface area contributed by atoms with Crippen molar-refractivity contribution in [2.24, 2.45) is 5.92 Å². The molecule has 0 amide bonds. The Kier molecular flexibility index (Phi) is 4.81. The summed E-state index contributed by atoms with van der Waals surface area (Å²) in [6.45, 7) is 1.48. The van der Waals surface area contributed by atoms with Crippen molar-refractivity contribution in [3.8, 4) is 0 Å². The topological polar surface area (TPSA) is 12.0 Å². The summed E-state index contributed by atoms with van der Waals surface area (Å²) < 4.78 is 13.5. The first-order valence-electron chi connectivity index (χ1n) is 6.41. The quantitative estimate of drug-likeness (QED) is 0.780. The van der Waals surface area contributed by atoms with Gasteiger partial charge in [0, 0.05) is 17.1 Å². The van der Waals surface area contributed by atoms with E-state index in [1.165, 1.54) is 38.2 Å². The summed E-state index contributed by atoms with van der Waals surface area (Å²) in [7, 11) is 0. The minimum atomic E-state index is -0.217. The monoisotopic (exact) mass is 255 g/mol. The molecule has 94 valence electrons. The molecule has 0 saturated heterocycles. The Morgan fingerprint density at radius 2 is 2.06 bits per heavy atom. The van der Waals surface area contributed by atoms with E-state index in [4.69, 9.17) is 11.6 Å². The van der Waals surface area contributed by atoms with Crippen molar-refractivity contribution >= 4 is 11.6 Å². The van der Waals surface area contributed by atoms with Crippen LogP contribution in [0.4, 0.5) is 4.39 Å². The molecule has 0 aliphatic heterocycles. The van der Waals surface area contributed by atoms with Crippen LogP contribution in [-0.4, -0.2) is 6.54 Å². The molecule has 0 aromatic heterocycles. The van der Waals surface area contributed by atoms with Crippen LogP contribution in [0.25, 0.3) is 0 Å². The van der Waals surface area contributed by atoms with Crippen LogP contribution >= 0.6 is 11.6 Å². The maximum absolute atomic E-state index is 13.5. The molecule has 0 atom stereocenters. The lowest BCUT2D eigenvalue weighted by atomic mass is 10.0. The molecule has 1 aromatic rings. The van der Waals surface area contributed by atoms with Gasteiger partial charge in [-0.05, 0) is 31.0 Å². The van der Waals surface area contributed by atoms with Gasteiger partial charge in [-0.25, -0.2) is 4.39 Å². The molecule has 1 nitrogen and oxygen atoms in total. The third kappa shape index (κ3) is 3.68. The summed E-state index contributed by atoms with van der Waals surface area (Å²) >= 11 is 5.96. The summed E-state index contributed by atoms with van der Waals surface area (Å²) in [5, 5.41) is 3.80. The van der Waals surface area contributed by atoms with Crippen molar-refractivity contribution in [3.05, 3.63) is 34.6 Å². The molecule has 1 saturated carbocycles. The van der Waals surface area contributed by atoms with E-state index in [-0.39, 0.29) is 5.82 Å². The van der Waals surface area contributed by atoms with Crippen LogP contribution in [0.3, 0.4) is 0 Å². The van der Waals surface area contributed by atoms with Gasteiger partial charge in [-0.3, -0.25) is 0 Å². The van der Waals surface area contributed by atoms with Crippen LogP contribution < -0.4 is 5.32 Å². The van der Waals surface area contributed by atoms with Gasteiger partial charge in [0.2, 0.25) is 0 Å². The molecule has 1 N–H and O–H groups in total. The second-order valence-electron chi connectivity index (χ2n) is 4.82. The predicted octanol–water partition coefficient (Wildman–Crippen LogP) is 4.15. The van der Waals surface area contributed by atoms with Crippen LogP contribution in [-0.2, 0) is 6.54 Å². The van der Waals surface area contributed by atoms with E-state index >= 15 is 0 Å². The zero-order valence-electron chi connectivity index (χ0n) is 10.0. The summed E-state index contributed by atoms with van der Waals surface area (Å²) in [5.74, 6) is 0.657. The average molecular weight is 256 g/mol. The number of halogens is 2. The van der Waals surface area contributed by atoms with Crippen molar-refractivity contribution in [3.63, 3.8) is 0 Å². The molecule has 0 radical (unpaired) electrons. The molecule has 0 spiro atoms. The van der Waals surface area contributed by atoms with E-state index in [1.54, 1.807) is 12.1 Å². The van der Waals surface area contributed by atoms with Gasteiger partial charge in [0.15, 0.2) is 0 Å². The molecule has 2 rings (SSSR count). The van der Waals surface area contributed by atoms with Gasteiger partial charge in [-0.2, -0.15) is 0 Å². The summed E-state index contributed by atoms with van der Waals surface area (Å²) in [5.41, 5.74) is 0.584. The Morgan fingerprint density at radius 1 is 1.29 bits per heavy atom. The highest BCUT2D eigenvalue weighted by Gasteiger charge is 2.14. The van der Waals surface area contributed by atoms with Gasteiger partial charge >= 0.3 is 0 Å². The highest BCUT2D eigenvalue weighted by molar-refractivity contribution is 6.31. The zero-order chi connectivity index (χ0) is 12.1. The SMILES string of the molecule is Fc1cccc(Cl)c1CNCCC1CCCC1. The number of nitrogens with one attached hydrogen (secondary N) is 1. The van der Waals surface area contributed by atoms with Crippen LogP contribution in [0.2, 0.25) is 5.02 Å². The summed E-state index contributed by atoms with van der Waals surface area (Å²) in [6, 6.07) is 4.83. The standard InChI is InChI=1S/C14H19ClFN/c15-13-6-3-7-14(16)12(13)10-17-9-8-11-4-1-2-5-11/h3,6-7,11,17H,1-2,4-5,8-10H2. The Morgan fingerprint density at radius 3 is 2.76 bits per heavy atom. The van der Waals surface area contributed by atoms with Crippen LogP contribution in [0.5, 0.6) is 0 Å². The van der Waals surface area contributed by atoms with Gasteiger partial charge in [0.05, 0.1) is 0 Å². The third-order valence-electron chi connectivity index (χ3n) is 3.57. The van der Waals surface area contributed by atoms with Crippen LogP contribution in [0.1, 0.15) is 37.7 Å². The average Bonchev–Trinajstić information content (AvgIpc) is 2.80. The molecule has 1 aromatic carbocycles. The molecule has 0 unspecified atom stereocenters. The number of hydrogen-bond donors (Lipinski definition) is 1. The van der Waals surface area contributed by atoms with Crippen LogP contribution in [0, 0.1) is 11.7 Å². The molecule has 1 aliphatic rings. The number of rotatable bonds is 5. The highest BCUT2D eigenvalue weighted by Crippen LogP contribution is 2.27. The van der Waals surface area contributed by atoms with Crippen molar-refractivity contribution in [1.82, 2.24) is 5.32 Å². The predicted molar refractivity (Wildman–Crippen MR) is 69.7 cm³/mol. The Hall–Kier alpha value is -0.600. The molecular weight excluding hydrogens is 237 g/mol. The van der Waals surface area contributed by atoms with Gasteiger partial charge in [-0.15, -0.1) is 0 Å². The number of benzene rings is 1. The fraction of sp³-hybridized carbons (Fsp3) is 0.571. The molecule has 1 fully saturated rings. The summed E-state index contributed by atoms with van der Waals surface area (Å²) in [6.07, 6.45) is 6.68. The lowest BCUT2D eigenvalue weighted by Crippen LogP contribution is -2.18. The van der Waals surface area contributed by atoms with Crippen LogP contribution in [0.15, 0.2) is 18.2 Å². The van der Waals surface area contributed by atoms with Crippen molar-refractivity contribution < 1.29 is 4.39 Å². The Balaban J connectivity index is 1.74. The van der Waals surface area contributed by atoms with E-state index in [9.17, 15) is 4.39 Å². The molecule has 17 heavy (non-hydrogen) atoms. The Bertz CT molecular complexity index is 341. The second-order valence-corrected chi connectivity index (χ2v) is 5.22. The highest BCUT2D eigenvalue weighted by atomic mass is 35.5. The zero-order valence-corrected chi connectivity index (χ0v) is 10.8. The van der Waals surface area contributed by atoms with Gasteiger partial charge < -0.3 is 5.32 Å². The molecule has 0 bridgehead atoms. The first-order valence-corrected chi connectivity index (χ1v) is 6.79.